The Kier molecular flexibility index (Phi) is 5.51. The Labute approximate surface area is 204 Å². The molecule has 0 bridgehead atoms. The Morgan fingerprint density at radius 3 is 2.76 bits per heavy atom. The van der Waals surface area contributed by atoms with E-state index in [9.17, 15) is 4.79 Å². The van der Waals surface area contributed by atoms with Crippen LogP contribution in [0.1, 0.15) is 28.3 Å². The lowest BCUT2D eigenvalue weighted by molar-refractivity contribution is 0.0998. The number of primary amides is 1. The number of amides is 1. The van der Waals surface area contributed by atoms with Crippen molar-refractivity contribution in [1.82, 2.24) is 19.3 Å². The Balaban J connectivity index is 1.50. The number of benzene rings is 2. The van der Waals surface area contributed by atoms with E-state index in [0.717, 1.165) is 32.7 Å². The van der Waals surface area contributed by atoms with Gasteiger partial charge in [0.2, 0.25) is 0 Å². The lowest BCUT2D eigenvalue weighted by Crippen LogP contribution is -2.12. The molecule has 5 rings (SSSR count). The summed E-state index contributed by atoms with van der Waals surface area (Å²) in [4.78, 5) is 17.1. The smallest absolute Gasteiger partial charge is 0.262 e. The Hall–Kier alpha value is -3.82. The summed E-state index contributed by atoms with van der Waals surface area (Å²) in [6, 6.07) is 13.2. The van der Waals surface area contributed by atoms with E-state index in [4.69, 9.17) is 27.8 Å². The summed E-state index contributed by atoms with van der Waals surface area (Å²) in [5, 5.41) is 5.41. The number of carbonyl (C=O) groups excluding carboxylic acids is 1. The maximum Gasteiger partial charge on any atom is 0.262 e. The van der Waals surface area contributed by atoms with Crippen LogP contribution < -0.4 is 16.2 Å². The van der Waals surface area contributed by atoms with E-state index >= 15 is 0 Å². The third kappa shape index (κ3) is 3.89. The highest BCUT2D eigenvalue weighted by Crippen LogP contribution is 2.38. The number of nitrogens with zero attached hydrogens (tertiary/aromatic N) is 4. The molecule has 0 aliphatic rings. The number of anilines is 1. The molecule has 8 nitrogen and oxygen atoms in total. The maximum atomic E-state index is 12.2. The molecule has 10 heteroatoms. The number of carbonyl (C=O) groups is 1. The molecule has 5 aromatic rings. The van der Waals surface area contributed by atoms with Crippen LogP contribution in [0.3, 0.4) is 0 Å². The zero-order valence-corrected chi connectivity index (χ0v) is 20.0. The minimum absolute atomic E-state index is 0.315. The van der Waals surface area contributed by atoms with Gasteiger partial charge in [-0.05, 0) is 30.7 Å². The third-order valence-electron chi connectivity index (χ3n) is 5.53. The molecule has 0 saturated heterocycles. The molecule has 3 heterocycles. The molecule has 0 aliphatic heterocycles. The van der Waals surface area contributed by atoms with Crippen LogP contribution in [0, 0.1) is 0 Å². The molecule has 172 valence electrons. The summed E-state index contributed by atoms with van der Waals surface area (Å²) in [7, 11) is 1.88. The van der Waals surface area contributed by atoms with Crippen molar-refractivity contribution in [2.24, 2.45) is 12.8 Å². The summed E-state index contributed by atoms with van der Waals surface area (Å²) in [5.41, 5.74) is 16.5. The molecule has 0 saturated carbocycles. The quantitative estimate of drug-likeness (QED) is 0.325. The normalized spacial score (nSPS) is 12.2. The van der Waals surface area contributed by atoms with Crippen LogP contribution in [0.15, 0.2) is 61.2 Å². The Bertz CT molecular complexity index is 1540. The van der Waals surface area contributed by atoms with Crippen molar-refractivity contribution >= 4 is 45.6 Å². The number of nitrogen functional groups attached to an aromatic ring is 1. The SMILES string of the molecule is C[C@@H](Oc1cc(-n2cnc3cc(-c4cnn(C)c4)ccc32)sc1C(N)=O)c1cccc(N)c1Cl. The van der Waals surface area contributed by atoms with Crippen LogP contribution in [0.5, 0.6) is 5.75 Å². The van der Waals surface area contributed by atoms with Crippen molar-refractivity contribution in [3.63, 3.8) is 0 Å². The monoisotopic (exact) mass is 492 g/mol. The van der Waals surface area contributed by atoms with Crippen molar-refractivity contribution in [2.75, 3.05) is 5.73 Å². The summed E-state index contributed by atoms with van der Waals surface area (Å²) >= 11 is 7.60. The lowest BCUT2D eigenvalue weighted by Gasteiger charge is -2.17. The topological polar surface area (TPSA) is 114 Å². The van der Waals surface area contributed by atoms with Gasteiger partial charge in [0.25, 0.3) is 5.91 Å². The van der Waals surface area contributed by atoms with Crippen LogP contribution in [0.2, 0.25) is 5.02 Å². The summed E-state index contributed by atoms with van der Waals surface area (Å²) in [6.45, 7) is 1.84. The number of aryl methyl sites for hydroxylation is 1. The van der Waals surface area contributed by atoms with Crippen LogP contribution in [0.25, 0.3) is 27.2 Å². The molecule has 0 aliphatic carbocycles. The summed E-state index contributed by atoms with van der Waals surface area (Å²) in [5.74, 6) is -0.187. The summed E-state index contributed by atoms with van der Waals surface area (Å²) in [6.07, 6.45) is 5.04. The van der Waals surface area contributed by atoms with E-state index in [1.54, 1.807) is 23.1 Å². The fourth-order valence-corrected chi connectivity index (χ4v) is 5.02. The van der Waals surface area contributed by atoms with Gasteiger partial charge in [0.1, 0.15) is 28.1 Å². The first-order chi connectivity index (χ1) is 16.3. The van der Waals surface area contributed by atoms with E-state index in [0.29, 0.717) is 21.3 Å². The number of aromatic nitrogens is 4. The van der Waals surface area contributed by atoms with E-state index < -0.39 is 12.0 Å². The van der Waals surface area contributed by atoms with Gasteiger partial charge in [0.05, 0.1) is 27.9 Å². The third-order valence-corrected chi connectivity index (χ3v) is 7.10. The van der Waals surface area contributed by atoms with Gasteiger partial charge in [-0.25, -0.2) is 4.98 Å². The van der Waals surface area contributed by atoms with Crippen molar-refractivity contribution < 1.29 is 9.53 Å². The molecule has 0 radical (unpaired) electrons. The lowest BCUT2D eigenvalue weighted by atomic mass is 10.1. The number of rotatable bonds is 6. The highest BCUT2D eigenvalue weighted by molar-refractivity contribution is 7.16. The number of thiophene rings is 1. The number of hydrogen-bond acceptors (Lipinski definition) is 6. The van der Waals surface area contributed by atoms with Crippen LogP contribution >= 0.6 is 22.9 Å². The molecule has 1 atom stereocenters. The molecule has 2 aromatic carbocycles. The van der Waals surface area contributed by atoms with Crippen molar-refractivity contribution in [2.45, 2.75) is 13.0 Å². The molecular formula is C24H21ClN6O2S. The van der Waals surface area contributed by atoms with Crippen molar-refractivity contribution in [3.8, 4) is 21.9 Å². The van der Waals surface area contributed by atoms with Crippen LogP contribution in [-0.2, 0) is 7.05 Å². The predicted octanol–water partition coefficient (Wildman–Crippen LogP) is 4.96. The number of nitrogens with two attached hydrogens (primary N) is 2. The van der Waals surface area contributed by atoms with Gasteiger partial charge >= 0.3 is 0 Å². The minimum Gasteiger partial charge on any atom is -0.484 e. The van der Waals surface area contributed by atoms with Crippen molar-refractivity contribution in [3.05, 3.63) is 76.6 Å². The molecule has 3 aromatic heterocycles. The Morgan fingerprint density at radius 2 is 2.03 bits per heavy atom. The highest BCUT2D eigenvalue weighted by Gasteiger charge is 2.21. The van der Waals surface area contributed by atoms with Gasteiger partial charge in [-0.2, -0.15) is 5.10 Å². The van der Waals surface area contributed by atoms with E-state index in [1.807, 2.05) is 61.3 Å². The molecule has 1 amide bonds. The number of imidazole rings is 1. The van der Waals surface area contributed by atoms with Crippen LogP contribution in [0.4, 0.5) is 5.69 Å². The molecule has 0 fully saturated rings. The highest BCUT2D eigenvalue weighted by atomic mass is 35.5. The van der Waals surface area contributed by atoms with Gasteiger partial charge < -0.3 is 16.2 Å². The molecule has 0 spiro atoms. The molecule has 4 N–H and O–H groups in total. The second kappa shape index (κ2) is 8.51. The number of hydrogen-bond donors (Lipinski definition) is 2. The largest absolute Gasteiger partial charge is 0.484 e. The molecule has 0 unspecified atom stereocenters. The number of fused-ring (bicyclic) bond motifs is 1. The second-order valence-corrected chi connectivity index (χ2v) is 9.28. The number of ether oxygens (including phenoxy) is 1. The van der Waals surface area contributed by atoms with Gasteiger partial charge in [0.15, 0.2) is 0 Å². The molecular weight excluding hydrogens is 472 g/mol. The predicted molar refractivity (Wildman–Crippen MR) is 135 cm³/mol. The second-order valence-electron chi connectivity index (χ2n) is 7.87. The van der Waals surface area contributed by atoms with E-state index in [-0.39, 0.29) is 0 Å². The first-order valence-electron chi connectivity index (χ1n) is 10.4. The van der Waals surface area contributed by atoms with Gasteiger partial charge in [-0.1, -0.05) is 29.8 Å². The van der Waals surface area contributed by atoms with Crippen LogP contribution in [-0.4, -0.2) is 25.2 Å². The fraction of sp³-hybridized carbons (Fsp3) is 0.125. The van der Waals surface area contributed by atoms with E-state index in [1.165, 1.54) is 11.3 Å². The van der Waals surface area contributed by atoms with Gasteiger partial charge in [0, 0.05) is 30.4 Å². The first-order valence-corrected chi connectivity index (χ1v) is 11.6. The summed E-state index contributed by atoms with van der Waals surface area (Å²) < 4.78 is 9.79. The Morgan fingerprint density at radius 1 is 1.21 bits per heavy atom. The maximum absolute atomic E-state index is 12.2. The average molecular weight is 493 g/mol. The average Bonchev–Trinajstić information content (AvgIpc) is 3.53. The fourth-order valence-electron chi connectivity index (χ4n) is 3.81. The standard InChI is InChI=1S/C24H21ClN6O2S/c1-13(16-4-3-5-17(26)22(16)25)33-20-9-21(34-23(20)24(27)32)31-12-28-18-8-14(6-7-19(18)31)15-10-29-30(2)11-15/h3-13H,26H2,1-2H3,(H2,27,32)/t13-/m1/s1. The zero-order valence-electron chi connectivity index (χ0n) is 18.4. The van der Waals surface area contributed by atoms with E-state index in [2.05, 4.69) is 10.1 Å². The van der Waals surface area contributed by atoms with Gasteiger partial charge in [-0.3, -0.25) is 14.0 Å². The minimum atomic E-state index is -0.569. The molecule has 34 heavy (non-hydrogen) atoms. The first kappa shape index (κ1) is 22.0. The zero-order chi connectivity index (χ0) is 24.0. The number of halogens is 1. The van der Waals surface area contributed by atoms with Crippen molar-refractivity contribution in [1.29, 1.82) is 0 Å². The van der Waals surface area contributed by atoms with Gasteiger partial charge in [-0.15, -0.1) is 11.3 Å².